The van der Waals surface area contributed by atoms with Crippen molar-refractivity contribution in [1.82, 2.24) is 20.5 Å². The Morgan fingerprint density at radius 1 is 0.940 bits per heavy atom. The number of likely N-dealkylation sites (tertiary alicyclic amines) is 1. The molecule has 3 aromatic carbocycles. The number of ketones is 1. The van der Waals surface area contributed by atoms with Crippen molar-refractivity contribution in [2.75, 3.05) is 44.6 Å². The van der Waals surface area contributed by atoms with Crippen LogP contribution in [0.5, 0.6) is 5.75 Å². The molecule has 0 radical (unpaired) electrons. The average Bonchev–Trinajstić information content (AvgIpc) is 3.61. The molecule has 1 amide bonds. The van der Waals surface area contributed by atoms with E-state index in [1.54, 1.807) is 24.3 Å². The summed E-state index contributed by atoms with van der Waals surface area (Å²) in [6.45, 7) is 3.59. The predicted octanol–water partition coefficient (Wildman–Crippen LogP) is 4.80. The molecule has 1 atom stereocenters. The second-order valence-corrected chi connectivity index (χ2v) is 12.3. The lowest BCUT2D eigenvalue weighted by atomic mass is 10.0. The fraction of sp³-hybridized carbons (Fsp3) is 0.289. The number of phenolic OH excluding ortho intramolecular Hbond substituents is 1. The first kappa shape index (κ1) is 34.6. The molecule has 0 unspecified atom stereocenters. The van der Waals surface area contributed by atoms with Gasteiger partial charge in [0, 0.05) is 49.7 Å². The Morgan fingerprint density at radius 3 is 2.54 bits per heavy atom. The maximum absolute atomic E-state index is 12.7. The number of anilines is 1. The highest BCUT2D eigenvalue weighted by Crippen LogP contribution is 2.29. The van der Waals surface area contributed by atoms with E-state index in [-0.39, 0.29) is 47.6 Å². The fourth-order valence-corrected chi connectivity index (χ4v) is 6.14. The van der Waals surface area contributed by atoms with E-state index in [0.29, 0.717) is 35.5 Å². The normalized spacial score (nSPS) is 14.4. The zero-order chi connectivity index (χ0) is 34.9. The van der Waals surface area contributed by atoms with Gasteiger partial charge in [-0.3, -0.25) is 14.9 Å². The Kier molecular flexibility index (Phi) is 11.4. The first-order chi connectivity index (χ1) is 24.3. The lowest BCUT2D eigenvalue weighted by Gasteiger charge is -2.31. The number of aromatic hydroxyl groups is 1. The van der Waals surface area contributed by atoms with Gasteiger partial charge in [-0.2, -0.15) is 0 Å². The molecule has 5 aromatic rings. The Morgan fingerprint density at radius 2 is 1.72 bits per heavy atom. The lowest BCUT2D eigenvalue weighted by molar-refractivity contribution is 0.0593. The summed E-state index contributed by atoms with van der Waals surface area (Å²) in [6.07, 6.45) is -0.0482. The summed E-state index contributed by atoms with van der Waals surface area (Å²) >= 11 is 0. The number of fused-ring (bicyclic) bond motifs is 1. The van der Waals surface area contributed by atoms with Crippen molar-refractivity contribution in [3.8, 4) is 16.9 Å². The molecule has 50 heavy (non-hydrogen) atoms. The monoisotopic (exact) mass is 679 g/mol. The standard InChI is InChI=1S/C38H41N5O7/c44-32-13-11-29(30-12-15-36(47)42-37(30)32)33(45)23-40-22-27-10-14-35(49-27)34(46)24-39-18-21-43-19-16-26(17-20-43)50-38(48)41-31-9-5-4-8-28(31)25-6-2-1-3-7-25/h1-15,26,33,39-40,44-45H,16-24H2,(H,41,48)(H,42,47)/t33-/m1/s1. The molecular formula is C38H41N5O7. The van der Waals surface area contributed by atoms with Gasteiger partial charge >= 0.3 is 6.09 Å². The number of rotatable bonds is 14. The van der Waals surface area contributed by atoms with Crippen LogP contribution in [0.3, 0.4) is 0 Å². The molecule has 2 aromatic heterocycles. The van der Waals surface area contributed by atoms with Crippen LogP contribution in [-0.2, 0) is 11.3 Å². The number of aliphatic hydroxyl groups is 1. The number of piperidine rings is 1. The molecule has 6 rings (SSSR count). The third-order valence-electron chi connectivity index (χ3n) is 8.79. The van der Waals surface area contributed by atoms with E-state index in [9.17, 15) is 24.6 Å². The Bertz CT molecular complexity index is 1970. The molecule has 260 valence electrons. The third-order valence-corrected chi connectivity index (χ3v) is 8.79. The van der Waals surface area contributed by atoms with Gasteiger partial charge in [0.2, 0.25) is 11.3 Å². The summed E-state index contributed by atoms with van der Waals surface area (Å²) in [7, 11) is 0. The number of Topliss-reactive ketones (excluding diaryl/α,β-unsaturated/α-hetero) is 1. The van der Waals surface area contributed by atoms with Gasteiger partial charge < -0.3 is 39.9 Å². The van der Waals surface area contributed by atoms with E-state index in [0.717, 1.165) is 43.6 Å². The molecule has 1 aliphatic heterocycles. The minimum absolute atomic E-state index is 0.0701. The zero-order valence-corrected chi connectivity index (χ0v) is 27.6. The van der Waals surface area contributed by atoms with Gasteiger partial charge in [-0.15, -0.1) is 0 Å². The van der Waals surface area contributed by atoms with Crippen LogP contribution in [0.1, 0.15) is 40.8 Å². The van der Waals surface area contributed by atoms with E-state index in [2.05, 4.69) is 25.8 Å². The summed E-state index contributed by atoms with van der Waals surface area (Å²) in [5.74, 6) is 0.581. The molecule has 1 saturated heterocycles. The minimum atomic E-state index is -0.907. The molecule has 12 nitrogen and oxygen atoms in total. The number of aliphatic hydroxyl groups excluding tert-OH is 1. The van der Waals surface area contributed by atoms with Gasteiger partial charge in [0.25, 0.3) is 0 Å². The summed E-state index contributed by atoms with van der Waals surface area (Å²) < 4.78 is 11.5. The summed E-state index contributed by atoms with van der Waals surface area (Å²) in [4.78, 5) is 41.9. The van der Waals surface area contributed by atoms with E-state index >= 15 is 0 Å². The van der Waals surface area contributed by atoms with Crippen molar-refractivity contribution in [2.24, 2.45) is 0 Å². The highest BCUT2D eigenvalue weighted by molar-refractivity contribution is 5.95. The maximum Gasteiger partial charge on any atom is 0.411 e. The van der Waals surface area contributed by atoms with E-state index < -0.39 is 12.2 Å². The van der Waals surface area contributed by atoms with Crippen molar-refractivity contribution < 1.29 is 29.0 Å². The predicted molar refractivity (Wildman–Crippen MR) is 190 cm³/mol. The van der Waals surface area contributed by atoms with Gasteiger partial charge in [0.15, 0.2) is 5.76 Å². The number of para-hydroxylation sites is 1. The van der Waals surface area contributed by atoms with E-state index in [4.69, 9.17) is 9.15 Å². The van der Waals surface area contributed by atoms with Crippen molar-refractivity contribution in [2.45, 2.75) is 31.6 Å². The lowest BCUT2D eigenvalue weighted by Crippen LogP contribution is -2.42. The Hall–Kier alpha value is -5.27. The van der Waals surface area contributed by atoms with Gasteiger partial charge in [-0.25, -0.2) is 4.79 Å². The summed E-state index contributed by atoms with van der Waals surface area (Å²) in [5.41, 5.74) is 3.15. The minimum Gasteiger partial charge on any atom is -0.506 e. The second-order valence-electron chi connectivity index (χ2n) is 12.3. The van der Waals surface area contributed by atoms with Crippen molar-refractivity contribution in [3.63, 3.8) is 0 Å². The third kappa shape index (κ3) is 8.84. The molecule has 3 heterocycles. The van der Waals surface area contributed by atoms with Gasteiger partial charge in [0.05, 0.1) is 30.4 Å². The summed E-state index contributed by atoms with van der Waals surface area (Å²) in [6, 6.07) is 26.9. The number of hydrogen-bond donors (Lipinski definition) is 6. The van der Waals surface area contributed by atoms with Crippen LogP contribution in [0.25, 0.3) is 22.0 Å². The number of hydrogen-bond acceptors (Lipinski definition) is 10. The Labute approximate surface area is 289 Å². The van der Waals surface area contributed by atoms with Crippen molar-refractivity contribution >= 4 is 28.5 Å². The smallest absolute Gasteiger partial charge is 0.411 e. The van der Waals surface area contributed by atoms with Crippen LogP contribution in [0.15, 0.2) is 100 Å². The number of ether oxygens (including phenoxy) is 1. The number of nitrogens with one attached hydrogen (secondary N) is 4. The highest BCUT2D eigenvalue weighted by Gasteiger charge is 2.23. The number of pyridine rings is 1. The molecule has 0 saturated carbocycles. The van der Waals surface area contributed by atoms with Crippen LogP contribution in [0.2, 0.25) is 0 Å². The summed E-state index contributed by atoms with van der Waals surface area (Å²) in [5, 5.41) is 30.6. The molecule has 1 fully saturated rings. The number of H-pyrrole nitrogens is 1. The number of aromatic amines is 1. The van der Waals surface area contributed by atoms with Crippen molar-refractivity contribution in [1.29, 1.82) is 0 Å². The number of aromatic nitrogens is 1. The largest absolute Gasteiger partial charge is 0.506 e. The van der Waals surface area contributed by atoms with Crippen LogP contribution >= 0.6 is 0 Å². The van der Waals surface area contributed by atoms with Gasteiger partial charge in [-0.1, -0.05) is 54.6 Å². The first-order valence-electron chi connectivity index (χ1n) is 16.7. The number of carbonyl (C=O) groups excluding carboxylic acids is 2. The van der Waals surface area contributed by atoms with Crippen molar-refractivity contribution in [3.05, 3.63) is 118 Å². The zero-order valence-electron chi connectivity index (χ0n) is 27.6. The van der Waals surface area contributed by atoms with Crippen LogP contribution in [-0.4, -0.2) is 77.3 Å². The van der Waals surface area contributed by atoms with Gasteiger partial charge in [-0.05, 0) is 54.3 Å². The maximum atomic E-state index is 12.7. The number of benzene rings is 3. The molecule has 6 N–H and O–H groups in total. The SMILES string of the molecule is O=C(Nc1ccccc1-c1ccccc1)OC1CCN(CCNCC(=O)c2ccc(CNC[C@@H](O)c3ccc(O)c4[nH]c(=O)ccc34)o2)CC1. The molecule has 12 heteroatoms. The first-order valence-corrected chi connectivity index (χ1v) is 16.7. The molecule has 0 spiro atoms. The average molecular weight is 680 g/mol. The fourth-order valence-electron chi connectivity index (χ4n) is 6.14. The van der Waals surface area contributed by atoms with Crippen LogP contribution in [0, 0.1) is 0 Å². The topological polar surface area (TPSA) is 169 Å². The number of carbonyl (C=O) groups is 2. The van der Waals surface area contributed by atoms with Crippen LogP contribution < -0.4 is 21.5 Å². The van der Waals surface area contributed by atoms with Crippen LogP contribution in [0.4, 0.5) is 10.5 Å². The second kappa shape index (κ2) is 16.4. The quantitative estimate of drug-likeness (QED) is 0.0708. The highest BCUT2D eigenvalue weighted by atomic mass is 16.6. The Balaban J connectivity index is 0.867. The molecule has 0 bridgehead atoms. The van der Waals surface area contributed by atoms with E-state index in [1.807, 2.05) is 54.6 Å². The molecular weight excluding hydrogens is 638 g/mol. The van der Waals surface area contributed by atoms with Gasteiger partial charge in [0.1, 0.15) is 17.6 Å². The number of nitrogens with zero attached hydrogens (tertiary/aromatic N) is 1. The molecule has 0 aliphatic carbocycles. The number of amides is 1. The van der Waals surface area contributed by atoms with E-state index in [1.165, 1.54) is 12.1 Å². The number of phenols is 1. The number of furan rings is 1. The molecule has 1 aliphatic rings.